The van der Waals surface area contributed by atoms with E-state index in [1.807, 2.05) is 0 Å². The largest absolute Gasteiger partial charge is 0.390 e. The summed E-state index contributed by atoms with van der Waals surface area (Å²) in [6, 6.07) is 3.09. The molecule has 1 rings (SSSR count). The van der Waals surface area contributed by atoms with Gasteiger partial charge in [0.1, 0.15) is 11.9 Å². The highest BCUT2D eigenvalue weighted by atomic mass is 16.3. The van der Waals surface area contributed by atoms with Crippen molar-refractivity contribution in [2.45, 2.75) is 25.6 Å². The van der Waals surface area contributed by atoms with Gasteiger partial charge in [-0.15, -0.1) is 0 Å². The molecule has 0 saturated carbocycles. The SMILES string of the molecule is CC(=O)NCCC(O)C(O)c1ccnc(N)c1. The van der Waals surface area contributed by atoms with Crippen molar-refractivity contribution in [2.24, 2.45) is 0 Å². The van der Waals surface area contributed by atoms with Gasteiger partial charge in [0.05, 0.1) is 6.10 Å². The average molecular weight is 239 g/mol. The summed E-state index contributed by atoms with van der Waals surface area (Å²) in [5.41, 5.74) is 5.98. The molecule has 94 valence electrons. The van der Waals surface area contributed by atoms with Crippen LogP contribution in [0, 0.1) is 0 Å². The van der Waals surface area contributed by atoms with Gasteiger partial charge < -0.3 is 21.3 Å². The zero-order valence-corrected chi connectivity index (χ0v) is 9.63. The molecule has 0 saturated heterocycles. The maximum Gasteiger partial charge on any atom is 0.216 e. The van der Waals surface area contributed by atoms with E-state index in [0.717, 1.165) is 0 Å². The first-order valence-corrected chi connectivity index (χ1v) is 5.32. The first kappa shape index (κ1) is 13.4. The summed E-state index contributed by atoms with van der Waals surface area (Å²) < 4.78 is 0. The van der Waals surface area contributed by atoms with E-state index in [2.05, 4.69) is 10.3 Å². The van der Waals surface area contributed by atoms with Crippen LogP contribution in [0.2, 0.25) is 0 Å². The van der Waals surface area contributed by atoms with Gasteiger partial charge in [-0.3, -0.25) is 4.79 Å². The number of rotatable bonds is 5. The highest BCUT2D eigenvalue weighted by Gasteiger charge is 2.18. The predicted molar refractivity (Wildman–Crippen MR) is 62.9 cm³/mol. The van der Waals surface area contributed by atoms with Crippen LogP contribution < -0.4 is 11.1 Å². The lowest BCUT2D eigenvalue weighted by Crippen LogP contribution is -2.27. The van der Waals surface area contributed by atoms with E-state index >= 15 is 0 Å². The number of carbonyl (C=O) groups excluding carboxylic acids is 1. The topological polar surface area (TPSA) is 108 Å². The number of aromatic nitrogens is 1. The molecule has 0 radical (unpaired) electrons. The maximum atomic E-state index is 10.6. The number of aliphatic hydroxyl groups excluding tert-OH is 2. The number of hydrogen-bond donors (Lipinski definition) is 4. The molecule has 6 nitrogen and oxygen atoms in total. The number of nitrogens with two attached hydrogens (primary N) is 1. The molecule has 0 fully saturated rings. The molecule has 2 unspecified atom stereocenters. The Hall–Kier alpha value is -1.66. The van der Waals surface area contributed by atoms with Crippen molar-refractivity contribution < 1.29 is 15.0 Å². The van der Waals surface area contributed by atoms with Gasteiger partial charge >= 0.3 is 0 Å². The fraction of sp³-hybridized carbons (Fsp3) is 0.455. The molecule has 0 spiro atoms. The molecule has 1 amide bonds. The van der Waals surface area contributed by atoms with E-state index in [1.165, 1.54) is 19.2 Å². The van der Waals surface area contributed by atoms with Gasteiger partial charge in [-0.25, -0.2) is 4.98 Å². The Bertz CT molecular complexity index is 384. The minimum atomic E-state index is -1.03. The van der Waals surface area contributed by atoms with Gasteiger partial charge in [0.2, 0.25) is 5.91 Å². The molecule has 0 aliphatic rings. The fourth-order valence-corrected chi connectivity index (χ4v) is 1.43. The number of amides is 1. The Morgan fingerprint density at radius 1 is 1.59 bits per heavy atom. The van der Waals surface area contributed by atoms with E-state index in [4.69, 9.17) is 5.73 Å². The average Bonchev–Trinajstić information content (AvgIpc) is 2.27. The predicted octanol–water partition coefficient (Wildman–Crippen LogP) is -0.416. The molecule has 0 aromatic carbocycles. The summed E-state index contributed by atoms with van der Waals surface area (Å²) in [5, 5.41) is 22.1. The number of nitrogens with zero attached hydrogens (tertiary/aromatic N) is 1. The monoisotopic (exact) mass is 239 g/mol. The van der Waals surface area contributed by atoms with Crippen LogP contribution in [0.5, 0.6) is 0 Å². The van der Waals surface area contributed by atoms with Gasteiger partial charge in [-0.05, 0) is 24.1 Å². The lowest BCUT2D eigenvalue weighted by molar-refractivity contribution is -0.119. The van der Waals surface area contributed by atoms with Crippen molar-refractivity contribution in [2.75, 3.05) is 12.3 Å². The molecule has 6 heteroatoms. The molecular weight excluding hydrogens is 222 g/mol. The summed E-state index contributed by atoms with van der Waals surface area (Å²) in [5.74, 6) is 0.121. The number of anilines is 1. The van der Waals surface area contributed by atoms with Gasteiger partial charge in [0.15, 0.2) is 0 Å². The molecule has 1 aromatic heterocycles. The first-order chi connectivity index (χ1) is 8.00. The summed E-state index contributed by atoms with van der Waals surface area (Å²) in [6.07, 6.45) is -0.255. The summed E-state index contributed by atoms with van der Waals surface area (Å²) >= 11 is 0. The van der Waals surface area contributed by atoms with E-state index in [-0.39, 0.29) is 18.1 Å². The summed E-state index contributed by atoms with van der Waals surface area (Å²) in [4.78, 5) is 14.4. The lowest BCUT2D eigenvalue weighted by atomic mass is 10.0. The Labute approximate surface area is 99.5 Å². The molecule has 0 aliphatic heterocycles. The molecule has 1 aromatic rings. The number of pyridine rings is 1. The van der Waals surface area contributed by atoms with E-state index in [1.54, 1.807) is 6.07 Å². The van der Waals surface area contributed by atoms with Crippen LogP contribution in [0.4, 0.5) is 5.82 Å². The van der Waals surface area contributed by atoms with E-state index < -0.39 is 12.2 Å². The normalized spacial score (nSPS) is 14.1. The van der Waals surface area contributed by atoms with Crippen molar-refractivity contribution in [3.05, 3.63) is 23.9 Å². The summed E-state index contributed by atoms with van der Waals surface area (Å²) in [7, 11) is 0. The molecule has 1 heterocycles. The summed E-state index contributed by atoms with van der Waals surface area (Å²) in [6.45, 7) is 1.71. The zero-order valence-electron chi connectivity index (χ0n) is 9.63. The third-order valence-corrected chi connectivity index (χ3v) is 2.33. The van der Waals surface area contributed by atoms with Crippen LogP contribution in [-0.2, 0) is 4.79 Å². The molecule has 5 N–H and O–H groups in total. The second-order valence-corrected chi connectivity index (χ2v) is 3.80. The zero-order chi connectivity index (χ0) is 12.8. The molecule has 0 aliphatic carbocycles. The van der Waals surface area contributed by atoms with E-state index in [0.29, 0.717) is 12.1 Å². The van der Waals surface area contributed by atoms with Crippen LogP contribution >= 0.6 is 0 Å². The quantitative estimate of drug-likeness (QED) is 0.558. The van der Waals surface area contributed by atoms with Gasteiger partial charge in [0, 0.05) is 19.7 Å². The third kappa shape index (κ3) is 4.38. The number of hydrogen-bond acceptors (Lipinski definition) is 5. The Morgan fingerprint density at radius 2 is 2.29 bits per heavy atom. The Kier molecular flexibility index (Phi) is 4.86. The highest BCUT2D eigenvalue weighted by molar-refractivity contribution is 5.72. The van der Waals surface area contributed by atoms with Crippen LogP contribution in [-0.4, -0.2) is 33.8 Å². The van der Waals surface area contributed by atoms with Crippen molar-refractivity contribution in [1.82, 2.24) is 10.3 Å². The highest BCUT2D eigenvalue weighted by Crippen LogP contribution is 2.19. The Balaban J connectivity index is 2.51. The minimum Gasteiger partial charge on any atom is -0.390 e. The van der Waals surface area contributed by atoms with Crippen LogP contribution in [0.25, 0.3) is 0 Å². The van der Waals surface area contributed by atoms with Gasteiger partial charge in [-0.1, -0.05) is 0 Å². The number of carbonyl (C=O) groups is 1. The van der Waals surface area contributed by atoms with Crippen molar-refractivity contribution in [1.29, 1.82) is 0 Å². The molecule has 0 bridgehead atoms. The van der Waals surface area contributed by atoms with E-state index in [9.17, 15) is 15.0 Å². The number of nitrogens with one attached hydrogen (secondary N) is 1. The van der Waals surface area contributed by atoms with Crippen molar-refractivity contribution in [3.8, 4) is 0 Å². The smallest absolute Gasteiger partial charge is 0.216 e. The minimum absolute atomic E-state index is 0.167. The Morgan fingerprint density at radius 3 is 2.88 bits per heavy atom. The maximum absolute atomic E-state index is 10.6. The van der Waals surface area contributed by atoms with Crippen LogP contribution in [0.15, 0.2) is 18.3 Å². The fourth-order valence-electron chi connectivity index (χ4n) is 1.43. The second-order valence-electron chi connectivity index (χ2n) is 3.80. The third-order valence-electron chi connectivity index (χ3n) is 2.33. The lowest BCUT2D eigenvalue weighted by Gasteiger charge is -2.18. The van der Waals surface area contributed by atoms with Gasteiger partial charge in [0.25, 0.3) is 0 Å². The standard InChI is InChI=1S/C11H17N3O3/c1-7(15)13-5-3-9(16)11(17)8-2-4-14-10(12)6-8/h2,4,6,9,11,16-17H,3,5H2,1H3,(H2,12,14)(H,13,15). The van der Waals surface area contributed by atoms with Crippen molar-refractivity contribution >= 4 is 11.7 Å². The molecule has 17 heavy (non-hydrogen) atoms. The van der Waals surface area contributed by atoms with Crippen LogP contribution in [0.1, 0.15) is 25.0 Å². The van der Waals surface area contributed by atoms with Gasteiger partial charge in [-0.2, -0.15) is 0 Å². The number of aliphatic hydroxyl groups is 2. The van der Waals surface area contributed by atoms with Crippen LogP contribution in [0.3, 0.4) is 0 Å². The molecular formula is C11H17N3O3. The van der Waals surface area contributed by atoms with Crippen molar-refractivity contribution in [3.63, 3.8) is 0 Å². The first-order valence-electron chi connectivity index (χ1n) is 5.32. The second kappa shape index (κ2) is 6.17. The number of nitrogen functional groups attached to an aromatic ring is 1. The molecule has 2 atom stereocenters.